The van der Waals surface area contributed by atoms with E-state index in [0.29, 0.717) is 17.8 Å². The van der Waals surface area contributed by atoms with E-state index in [9.17, 15) is 9.90 Å². The second kappa shape index (κ2) is 18.3. The van der Waals surface area contributed by atoms with Gasteiger partial charge in [-0.15, -0.1) is 0 Å². The van der Waals surface area contributed by atoms with E-state index in [0.717, 1.165) is 56.9 Å². The minimum atomic E-state index is -0.729. The van der Waals surface area contributed by atoms with E-state index in [-0.39, 0.29) is 6.04 Å². The molecule has 0 bridgehead atoms. The van der Waals surface area contributed by atoms with Gasteiger partial charge in [0.15, 0.2) is 0 Å². The van der Waals surface area contributed by atoms with Crippen LogP contribution in [0.25, 0.3) is 0 Å². The molecule has 0 spiro atoms. The molecule has 8 nitrogen and oxygen atoms in total. The molecule has 8 heteroatoms. The molecule has 2 aliphatic heterocycles. The number of aromatic nitrogens is 1. The largest absolute Gasteiger partial charge is 0.480 e. The van der Waals surface area contributed by atoms with Gasteiger partial charge in [0.25, 0.3) is 0 Å². The van der Waals surface area contributed by atoms with Crippen LogP contribution < -0.4 is 10.2 Å². The van der Waals surface area contributed by atoms with Crippen molar-refractivity contribution in [2.24, 2.45) is 0 Å². The Hall–Kier alpha value is -2.03. The third-order valence-corrected chi connectivity index (χ3v) is 6.06. The number of aliphatic carboxylic acids is 1. The number of carbonyl (C=O) groups is 1. The molecule has 0 amide bonds. The molecular formula is C27H52N6O2. The van der Waals surface area contributed by atoms with Crippen molar-refractivity contribution in [2.45, 2.75) is 85.9 Å². The Morgan fingerprint density at radius 1 is 1.17 bits per heavy atom. The monoisotopic (exact) mass is 492 g/mol. The topological polar surface area (TPSA) is 95.8 Å². The van der Waals surface area contributed by atoms with Crippen molar-refractivity contribution in [3.63, 3.8) is 0 Å². The molecule has 0 aromatic carbocycles. The molecule has 2 fully saturated rings. The van der Waals surface area contributed by atoms with Crippen LogP contribution in [0.3, 0.4) is 0 Å². The maximum atomic E-state index is 11.2. The first-order chi connectivity index (χ1) is 16.7. The van der Waals surface area contributed by atoms with Gasteiger partial charge in [0.05, 0.1) is 0 Å². The fraction of sp³-hybridized carbons (Fsp3) is 0.741. The molecule has 2 aliphatic rings. The molecule has 2 unspecified atom stereocenters. The van der Waals surface area contributed by atoms with Gasteiger partial charge in [-0.25, -0.2) is 4.98 Å². The number of likely N-dealkylation sites (tertiary alicyclic amines) is 1. The zero-order valence-corrected chi connectivity index (χ0v) is 23.8. The zero-order chi connectivity index (χ0) is 27.0. The molecule has 2 atom stereocenters. The van der Waals surface area contributed by atoms with Gasteiger partial charge in [-0.3, -0.25) is 14.6 Å². The van der Waals surface area contributed by atoms with E-state index in [2.05, 4.69) is 45.8 Å². The van der Waals surface area contributed by atoms with Crippen LogP contribution in [-0.4, -0.2) is 96.5 Å². The molecule has 3 heterocycles. The third-order valence-electron chi connectivity index (χ3n) is 6.06. The molecule has 35 heavy (non-hydrogen) atoms. The Kier molecular flexibility index (Phi) is 17.2. The summed E-state index contributed by atoms with van der Waals surface area (Å²) in [5.74, 6) is 0.253. The summed E-state index contributed by atoms with van der Waals surface area (Å²) in [4.78, 5) is 22.7. The van der Waals surface area contributed by atoms with Crippen LogP contribution in [-0.2, 0) is 4.79 Å². The molecule has 0 aliphatic carbocycles. The Morgan fingerprint density at radius 2 is 1.71 bits per heavy atom. The first-order valence-electron chi connectivity index (χ1n) is 13.3. The summed E-state index contributed by atoms with van der Waals surface area (Å²) < 4.78 is 0. The summed E-state index contributed by atoms with van der Waals surface area (Å²) in [5, 5.41) is 19.6. The van der Waals surface area contributed by atoms with Gasteiger partial charge in [-0.2, -0.15) is 0 Å². The van der Waals surface area contributed by atoms with Gasteiger partial charge in [-0.1, -0.05) is 34.1 Å². The van der Waals surface area contributed by atoms with Crippen LogP contribution >= 0.6 is 0 Å². The first-order valence-corrected chi connectivity index (χ1v) is 13.3. The van der Waals surface area contributed by atoms with Gasteiger partial charge in [0.1, 0.15) is 11.9 Å². The van der Waals surface area contributed by atoms with Crippen LogP contribution in [0, 0.1) is 5.41 Å². The minimum absolute atomic E-state index is 0.390. The van der Waals surface area contributed by atoms with Crippen molar-refractivity contribution in [1.82, 2.24) is 20.1 Å². The van der Waals surface area contributed by atoms with Gasteiger partial charge in [0, 0.05) is 62.3 Å². The van der Waals surface area contributed by atoms with Gasteiger partial charge < -0.3 is 20.7 Å². The Balaban J connectivity index is 0.00000129. The number of hydrogen-bond donors (Lipinski definition) is 3. The lowest BCUT2D eigenvalue weighted by Crippen LogP contribution is -2.58. The second-order valence-electron chi connectivity index (χ2n) is 9.05. The number of piperazine rings is 1. The summed E-state index contributed by atoms with van der Waals surface area (Å²) >= 11 is 0. The van der Waals surface area contributed by atoms with Gasteiger partial charge in [0.2, 0.25) is 0 Å². The highest BCUT2D eigenvalue weighted by Crippen LogP contribution is 2.24. The Bertz CT molecular complexity index is 702. The van der Waals surface area contributed by atoms with Crippen LogP contribution in [0.15, 0.2) is 18.3 Å². The molecular weight excluding hydrogens is 440 g/mol. The SMILES string of the molecule is CC.CC(=N)c1ccc(N2CCN(C3CCN(C(C)C(=O)O)CC3)C(C)C2)nc1.CCC.CNC. The van der Waals surface area contributed by atoms with E-state index in [1.807, 2.05) is 40.1 Å². The smallest absolute Gasteiger partial charge is 0.320 e. The third kappa shape index (κ3) is 11.1. The highest BCUT2D eigenvalue weighted by Gasteiger charge is 2.33. The van der Waals surface area contributed by atoms with Gasteiger partial charge >= 0.3 is 5.97 Å². The highest BCUT2D eigenvalue weighted by atomic mass is 16.4. The Labute approximate surface area is 214 Å². The van der Waals surface area contributed by atoms with E-state index in [4.69, 9.17) is 5.41 Å². The zero-order valence-electron chi connectivity index (χ0n) is 23.8. The summed E-state index contributed by atoms with van der Waals surface area (Å²) in [5.41, 5.74) is 1.41. The van der Waals surface area contributed by atoms with Crippen molar-refractivity contribution >= 4 is 17.5 Å². The van der Waals surface area contributed by atoms with Crippen LogP contribution in [0.4, 0.5) is 5.82 Å². The van der Waals surface area contributed by atoms with E-state index in [1.54, 1.807) is 20.0 Å². The normalized spacial score (nSPS) is 19.7. The average molecular weight is 493 g/mol. The molecule has 202 valence electrons. The van der Waals surface area contributed by atoms with Crippen molar-refractivity contribution in [2.75, 3.05) is 51.7 Å². The maximum Gasteiger partial charge on any atom is 0.320 e. The molecule has 0 saturated carbocycles. The summed E-state index contributed by atoms with van der Waals surface area (Å²) in [6.07, 6.45) is 5.11. The molecule has 3 rings (SSSR count). The fourth-order valence-electron chi connectivity index (χ4n) is 4.28. The number of pyridine rings is 1. The predicted octanol–water partition coefficient (Wildman–Crippen LogP) is 4.20. The quantitative estimate of drug-likeness (QED) is 0.530. The van der Waals surface area contributed by atoms with Crippen molar-refractivity contribution < 1.29 is 9.90 Å². The standard InChI is InChI=1S/C20H31N5O2.C3H8.C2H7N.C2H6/c1-14-13-24(19-5-4-17(12-22-19)15(2)21)10-11-25(14)18-6-8-23(9-7-18)16(3)20(26)27;2*1-3-2;1-2/h4-5,12,14,16,18,21H,6-11,13H2,1-3H3,(H,26,27);3H2,1-2H3;3H,1-2H3;1-2H3. The average Bonchev–Trinajstić information content (AvgIpc) is 2.86. The fourth-order valence-corrected chi connectivity index (χ4v) is 4.28. The lowest BCUT2D eigenvalue weighted by molar-refractivity contribution is -0.143. The van der Waals surface area contributed by atoms with E-state index >= 15 is 0 Å². The number of piperidine rings is 1. The number of carboxylic acid groups (broad SMARTS) is 1. The minimum Gasteiger partial charge on any atom is -0.480 e. The number of hydrogen-bond acceptors (Lipinski definition) is 7. The van der Waals surface area contributed by atoms with Crippen LogP contribution in [0.2, 0.25) is 0 Å². The summed E-state index contributed by atoms with van der Waals surface area (Å²) in [6.45, 7) is 18.7. The van der Waals surface area contributed by atoms with Crippen molar-refractivity contribution in [3.05, 3.63) is 23.9 Å². The molecule has 0 radical (unpaired) electrons. The highest BCUT2D eigenvalue weighted by molar-refractivity contribution is 5.96. The number of anilines is 1. The lowest BCUT2D eigenvalue weighted by atomic mass is 9.98. The summed E-state index contributed by atoms with van der Waals surface area (Å²) in [6, 6.07) is 4.58. The predicted molar refractivity (Wildman–Crippen MR) is 149 cm³/mol. The molecule has 1 aromatic rings. The number of nitrogens with one attached hydrogen (secondary N) is 2. The van der Waals surface area contributed by atoms with Gasteiger partial charge in [-0.05, 0) is 59.8 Å². The van der Waals surface area contributed by atoms with Crippen LogP contribution in [0.5, 0.6) is 0 Å². The molecule has 2 saturated heterocycles. The van der Waals surface area contributed by atoms with E-state index in [1.165, 1.54) is 6.42 Å². The Morgan fingerprint density at radius 3 is 2.11 bits per heavy atom. The van der Waals surface area contributed by atoms with Crippen molar-refractivity contribution in [3.8, 4) is 0 Å². The van der Waals surface area contributed by atoms with E-state index < -0.39 is 5.97 Å². The second-order valence-corrected chi connectivity index (χ2v) is 9.05. The number of rotatable bonds is 5. The number of carboxylic acids is 1. The molecule has 1 aromatic heterocycles. The maximum absolute atomic E-state index is 11.2. The lowest BCUT2D eigenvalue weighted by Gasteiger charge is -2.47. The molecule has 3 N–H and O–H groups in total. The van der Waals surface area contributed by atoms with Crippen LogP contribution in [0.1, 0.15) is 73.3 Å². The summed E-state index contributed by atoms with van der Waals surface area (Å²) in [7, 11) is 3.75. The van der Waals surface area contributed by atoms with Crippen molar-refractivity contribution in [1.29, 1.82) is 5.41 Å². The first kappa shape index (κ1) is 33.0. The number of nitrogens with zero attached hydrogens (tertiary/aromatic N) is 4.